The summed E-state index contributed by atoms with van der Waals surface area (Å²) in [5.74, 6) is 1.11. The molecule has 0 bridgehead atoms. The van der Waals surface area contributed by atoms with Gasteiger partial charge in [0.1, 0.15) is 11.6 Å². The molecule has 2 aromatic rings. The van der Waals surface area contributed by atoms with Crippen LogP contribution < -0.4 is 15.7 Å². The number of carbonyl (C=O) groups is 1. The summed E-state index contributed by atoms with van der Waals surface area (Å²) in [5, 5.41) is 9.77. The van der Waals surface area contributed by atoms with Crippen LogP contribution in [0, 0.1) is 0 Å². The van der Waals surface area contributed by atoms with E-state index in [1.807, 2.05) is 0 Å². The highest BCUT2D eigenvalue weighted by atomic mass is 35.5. The SMILES string of the molecule is COc1ccc(C(=O)NC2CCc3n[nH]c(=O)n3CC2)c(Cl)c1. The van der Waals surface area contributed by atoms with E-state index in [1.54, 1.807) is 29.9 Å². The third kappa shape index (κ3) is 3.24. The number of fused-ring (bicyclic) bond motifs is 1. The number of hydrogen-bond acceptors (Lipinski definition) is 4. The van der Waals surface area contributed by atoms with Crippen molar-refractivity contribution in [2.45, 2.75) is 31.8 Å². The maximum absolute atomic E-state index is 12.4. The molecule has 1 aromatic carbocycles. The Kier molecular flexibility index (Phi) is 4.38. The summed E-state index contributed by atoms with van der Waals surface area (Å²) in [6.45, 7) is 0.534. The van der Waals surface area contributed by atoms with Gasteiger partial charge < -0.3 is 10.1 Å². The zero-order valence-corrected chi connectivity index (χ0v) is 13.4. The molecule has 1 aliphatic rings. The minimum Gasteiger partial charge on any atom is -0.497 e. The molecule has 1 aliphatic heterocycles. The van der Waals surface area contributed by atoms with Crippen LogP contribution in [0.25, 0.3) is 0 Å². The number of carbonyl (C=O) groups excluding carboxylic acids is 1. The van der Waals surface area contributed by atoms with Gasteiger partial charge in [0, 0.05) is 19.0 Å². The molecule has 8 heteroatoms. The molecule has 1 atom stereocenters. The van der Waals surface area contributed by atoms with Crippen LogP contribution >= 0.6 is 11.6 Å². The molecule has 0 saturated carbocycles. The molecule has 0 fully saturated rings. The minimum absolute atomic E-state index is 0.0261. The summed E-state index contributed by atoms with van der Waals surface area (Å²) < 4.78 is 6.69. The number of rotatable bonds is 3. The molecular formula is C15H17ClN4O3. The summed E-state index contributed by atoms with van der Waals surface area (Å²) >= 11 is 6.13. The number of H-pyrrole nitrogens is 1. The zero-order chi connectivity index (χ0) is 16.4. The molecule has 7 nitrogen and oxygen atoms in total. The van der Waals surface area contributed by atoms with Gasteiger partial charge in [-0.3, -0.25) is 9.36 Å². The number of methoxy groups -OCH3 is 1. The molecule has 23 heavy (non-hydrogen) atoms. The standard InChI is InChI=1S/C15H17ClN4O3/c1-23-10-3-4-11(12(16)8-10)14(21)17-9-2-5-13-18-19-15(22)20(13)7-6-9/h3-4,8-9H,2,5-7H2,1H3,(H,17,21)(H,19,22). The van der Waals surface area contributed by atoms with E-state index in [1.165, 1.54) is 0 Å². The number of aryl methyl sites for hydroxylation is 1. The van der Waals surface area contributed by atoms with Crippen molar-refractivity contribution in [3.63, 3.8) is 0 Å². The Morgan fingerprint density at radius 2 is 2.30 bits per heavy atom. The van der Waals surface area contributed by atoms with Gasteiger partial charge in [0.05, 0.1) is 17.7 Å². The minimum atomic E-state index is -0.226. The summed E-state index contributed by atoms with van der Waals surface area (Å²) in [6.07, 6.45) is 2.04. The van der Waals surface area contributed by atoms with Crippen molar-refractivity contribution in [1.29, 1.82) is 0 Å². The van der Waals surface area contributed by atoms with Gasteiger partial charge in [-0.2, -0.15) is 5.10 Å². The first kappa shape index (κ1) is 15.6. The molecule has 1 unspecified atom stereocenters. The molecular weight excluding hydrogens is 320 g/mol. The second kappa shape index (κ2) is 6.45. The largest absolute Gasteiger partial charge is 0.497 e. The summed E-state index contributed by atoms with van der Waals surface area (Å²) in [4.78, 5) is 24.0. The monoisotopic (exact) mass is 336 g/mol. The first-order valence-corrected chi connectivity index (χ1v) is 7.74. The Hall–Kier alpha value is -2.28. The van der Waals surface area contributed by atoms with Gasteiger partial charge in [-0.05, 0) is 31.0 Å². The molecule has 0 aliphatic carbocycles. The van der Waals surface area contributed by atoms with E-state index in [0.29, 0.717) is 35.7 Å². The maximum Gasteiger partial charge on any atom is 0.343 e. The Bertz CT molecular complexity index is 783. The van der Waals surface area contributed by atoms with E-state index in [2.05, 4.69) is 15.5 Å². The van der Waals surface area contributed by atoms with E-state index >= 15 is 0 Å². The van der Waals surface area contributed by atoms with Crippen LogP contribution in [0.1, 0.15) is 29.0 Å². The third-order valence-corrected chi connectivity index (χ3v) is 4.32. The Morgan fingerprint density at radius 1 is 1.48 bits per heavy atom. The molecule has 1 amide bonds. The van der Waals surface area contributed by atoms with Crippen LogP contribution in [0.3, 0.4) is 0 Å². The van der Waals surface area contributed by atoms with Crippen LogP contribution in [0.4, 0.5) is 0 Å². The highest BCUT2D eigenvalue weighted by molar-refractivity contribution is 6.34. The van der Waals surface area contributed by atoms with Crippen LogP contribution in [0.15, 0.2) is 23.0 Å². The molecule has 122 valence electrons. The number of amides is 1. The van der Waals surface area contributed by atoms with Crippen LogP contribution in [0.2, 0.25) is 5.02 Å². The Labute approximate surface area is 137 Å². The van der Waals surface area contributed by atoms with Crippen molar-refractivity contribution in [2.24, 2.45) is 0 Å². The molecule has 0 saturated heterocycles. The lowest BCUT2D eigenvalue weighted by molar-refractivity contribution is 0.0933. The van der Waals surface area contributed by atoms with Crippen LogP contribution in [-0.2, 0) is 13.0 Å². The summed E-state index contributed by atoms with van der Waals surface area (Å²) in [6, 6.07) is 4.92. The van der Waals surface area contributed by atoms with Gasteiger partial charge >= 0.3 is 5.69 Å². The third-order valence-electron chi connectivity index (χ3n) is 4.01. The lowest BCUT2D eigenvalue weighted by Gasteiger charge is -2.16. The van der Waals surface area contributed by atoms with Gasteiger partial charge in [0.25, 0.3) is 5.91 Å². The fourth-order valence-electron chi connectivity index (χ4n) is 2.72. The number of nitrogens with zero attached hydrogens (tertiary/aromatic N) is 2. The average molecular weight is 337 g/mol. The number of benzene rings is 1. The maximum atomic E-state index is 12.4. The van der Waals surface area contributed by atoms with Crippen molar-refractivity contribution in [2.75, 3.05) is 7.11 Å². The van der Waals surface area contributed by atoms with Gasteiger partial charge in [-0.15, -0.1) is 0 Å². The molecule has 0 radical (unpaired) electrons. The first-order valence-electron chi connectivity index (χ1n) is 7.37. The highest BCUT2D eigenvalue weighted by Crippen LogP contribution is 2.23. The summed E-state index contributed by atoms with van der Waals surface area (Å²) in [7, 11) is 1.54. The molecule has 2 N–H and O–H groups in total. The van der Waals surface area contributed by atoms with Crippen LogP contribution in [0.5, 0.6) is 5.75 Å². The van der Waals surface area contributed by atoms with E-state index in [-0.39, 0.29) is 17.6 Å². The van der Waals surface area contributed by atoms with Crippen LogP contribution in [-0.4, -0.2) is 33.8 Å². The van der Waals surface area contributed by atoms with E-state index in [9.17, 15) is 9.59 Å². The smallest absolute Gasteiger partial charge is 0.343 e. The topological polar surface area (TPSA) is 89.0 Å². The van der Waals surface area contributed by atoms with Gasteiger partial charge in [-0.25, -0.2) is 9.89 Å². The molecule has 3 rings (SSSR count). The predicted molar refractivity (Wildman–Crippen MR) is 85.0 cm³/mol. The average Bonchev–Trinajstić information content (AvgIpc) is 2.77. The Balaban J connectivity index is 1.68. The lowest BCUT2D eigenvalue weighted by Crippen LogP contribution is -2.35. The van der Waals surface area contributed by atoms with Crippen molar-refractivity contribution < 1.29 is 9.53 Å². The predicted octanol–water partition coefficient (Wildman–Crippen LogP) is 1.37. The number of nitrogens with one attached hydrogen (secondary N) is 2. The summed E-state index contributed by atoms with van der Waals surface area (Å²) in [5.41, 5.74) is 0.206. The first-order chi connectivity index (χ1) is 11.1. The van der Waals surface area contributed by atoms with Crippen molar-refractivity contribution >= 4 is 17.5 Å². The van der Waals surface area contributed by atoms with Crippen molar-refractivity contribution in [3.05, 3.63) is 45.1 Å². The number of hydrogen-bond donors (Lipinski definition) is 2. The van der Waals surface area contributed by atoms with E-state index in [4.69, 9.17) is 16.3 Å². The van der Waals surface area contributed by atoms with Gasteiger partial charge in [0.15, 0.2) is 0 Å². The second-order valence-electron chi connectivity index (χ2n) is 5.44. The molecule has 0 spiro atoms. The lowest BCUT2D eigenvalue weighted by atomic mass is 10.1. The zero-order valence-electron chi connectivity index (χ0n) is 12.6. The molecule has 1 aromatic heterocycles. The number of ether oxygens (including phenoxy) is 1. The van der Waals surface area contributed by atoms with Gasteiger partial charge in [0.2, 0.25) is 0 Å². The number of aromatic nitrogens is 3. The second-order valence-corrected chi connectivity index (χ2v) is 5.85. The Morgan fingerprint density at radius 3 is 3.04 bits per heavy atom. The van der Waals surface area contributed by atoms with Gasteiger partial charge in [-0.1, -0.05) is 11.6 Å². The van der Waals surface area contributed by atoms with E-state index < -0.39 is 0 Å². The van der Waals surface area contributed by atoms with E-state index in [0.717, 1.165) is 12.2 Å². The number of aromatic amines is 1. The quantitative estimate of drug-likeness (QED) is 0.886. The highest BCUT2D eigenvalue weighted by Gasteiger charge is 2.21. The fraction of sp³-hybridized carbons (Fsp3) is 0.400. The van der Waals surface area contributed by atoms with Crippen molar-refractivity contribution in [3.8, 4) is 5.75 Å². The van der Waals surface area contributed by atoms with Crippen molar-refractivity contribution in [1.82, 2.24) is 20.1 Å². The molecule has 2 heterocycles. The number of halogens is 1. The normalized spacial score (nSPS) is 17.2. The fourth-order valence-corrected chi connectivity index (χ4v) is 2.98.